The van der Waals surface area contributed by atoms with Crippen LogP contribution in [0.3, 0.4) is 0 Å². The molecule has 4 unspecified atom stereocenters. The molecule has 11 nitrogen and oxygen atoms in total. The summed E-state index contributed by atoms with van der Waals surface area (Å²) in [5.41, 5.74) is 6.51. The number of hydrogen-bond acceptors (Lipinski definition) is 8. The predicted molar refractivity (Wildman–Crippen MR) is 116 cm³/mol. The molecule has 0 aliphatic heterocycles. The highest BCUT2D eigenvalue weighted by atomic mass is 32.2. The lowest BCUT2D eigenvalue weighted by atomic mass is 10.1. The van der Waals surface area contributed by atoms with E-state index in [9.17, 15) is 24.3 Å². The number of imidazole rings is 1. The molecule has 0 saturated carbocycles. The molecule has 0 aliphatic rings. The number of thiol groups is 1. The third-order valence-electron chi connectivity index (χ3n) is 4.12. The van der Waals surface area contributed by atoms with Gasteiger partial charge in [0.05, 0.1) is 12.4 Å². The summed E-state index contributed by atoms with van der Waals surface area (Å²) in [4.78, 5) is 54.9. The molecule has 30 heavy (non-hydrogen) atoms. The van der Waals surface area contributed by atoms with Crippen LogP contribution in [0.25, 0.3) is 0 Å². The summed E-state index contributed by atoms with van der Waals surface area (Å²) in [5.74, 6) is -2.48. The molecule has 3 amide bonds. The average Bonchev–Trinajstić information content (AvgIpc) is 3.21. The Labute approximate surface area is 184 Å². The number of carboxylic acid groups (broad SMARTS) is 1. The number of aromatic amines is 1. The third kappa shape index (κ3) is 8.63. The molecule has 0 aliphatic carbocycles. The lowest BCUT2D eigenvalue weighted by molar-refractivity contribution is -0.142. The highest BCUT2D eigenvalue weighted by molar-refractivity contribution is 7.98. The van der Waals surface area contributed by atoms with E-state index in [4.69, 9.17) is 5.73 Å². The minimum absolute atomic E-state index is 0.0492. The Morgan fingerprint density at radius 2 is 1.87 bits per heavy atom. The SMILES string of the molecule is CSCCC(NC(=O)C(CS)NC(=O)C(C)NC(=O)C(N)Cc1cnc[nH]1)C(=O)O. The summed E-state index contributed by atoms with van der Waals surface area (Å²) < 4.78 is 0. The first kappa shape index (κ1) is 25.8. The van der Waals surface area contributed by atoms with Crippen molar-refractivity contribution in [1.29, 1.82) is 0 Å². The van der Waals surface area contributed by atoms with E-state index in [2.05, 4.69) is 38.5 Å². The number of thioether (sulfide) groups is 1. The maximum absolute atomic E-state index is 12.4. The van der Waals surface area contributed by atoms with Gasteiger partial charge in [0.15, 0.2) is 0 Å². The number of carbonyl (C=O) groups is 4. The van der Waals surface area contributed by atoms with Gasteiger partial charge in [0.25, 0.3) is 0 Å². The summed E-state index contributed by atoms with van der Waals surface area (Å²) in [6.07, 6.45) is 5.30. The molecule has 0 radical (unpaired) electrons. The molecule has 0 bridgehead atoms. The Morgan fingerprint density at radius 1 is 1.20 bits per heavy atom. The second-order valence-corrected chi connectivity index (χ2v) is 7.89. The Bertz CT molecular complexity index is 718. The highest BCUT2D eigenvalue weighted by Gasteiger charge is 2.28. The molecule has 1 heterocycles. The van der Waals surface area contributed by atoms with Gasteiger partial charge >= 0.3 is 5.97 Å². The van der Waals surface area contributed by atoms with Gasteiger partial charge in [-0.25, -0.2) is 9.78 Å². The Kier molecular flexibility index (Phi) is 11.3. The summed E-state index contributed by atoms with van der Waals surface area (Å²) >= 11 is 5.51. The Balaban J connectivity index is 2.58. The van der Waals surface area contributed by atoms with Crippen molar-refractivity contribution < 1.29 is 24.3 Å². The van der Waals surface area contributed by atoms with E-state index in [0.29, 0.717) is 11.4 Å². The molecule has 0 saturated heterocycles. The van der Waals surface area contributed by atoms with Crippen LogP contribution in [0.4, 0.5) is 0 Å². The maximum Gasteiger partial charge on any atom is 0.326 e. The first-order chi connectivity index (χ1) is 14.2. The zero-order valence-electron chi connectivity index (χ0n) is 16.8. The molecular formula is C17H28N6O5S2. The number of carbonyl (C=O) groups excluding carboxylic acids is 3. The summed E-state index contributed by atoms with van der Waals surface area (Å²) in [6.45, 7) is 1.45. The van der Waals surface area contributed by atoms with Crippen molar-refractivity contribution in [2.75, 3.05) is 17.8 Å². The second kappa shape index (κ2) is 13.1. The van der Waals surface area contributed by atoms with Crippen molar-refractivity contribution in [3.63, 3.8) is 0 Å². The van der Waals surface area contributed by atoms with Crippen LogP contribution < -0.4 is 21.7 Å². The van der Waals surface area contributed by atoms with Crippen molar-refractivity contribution in [1.82, 2.24) is 25.9 Å². The number of amides is 3. The van der Waals surface area contributed by atoms with Gasteiger partial charge in [0.2, 0.25) is 17.7 Å². The Morgan fingerprint density at radius 3 is 2.40 bits per heavy atom. The van der Waals surface area contributed by atoms with Crippen LogP contribution in [-0.2, 0) is 25.6 Å². The van der Waals surface area contributed by atoms with Gasteiger partial charge in [-0.2, -0.15) is 24.4 Å². The zero-order chi connectivity index (χ0) is 22.7. The van der Waals surface area contributed by atoms with Crippen LogP contribution >= 0.6 is 24.4 Å². The lowest BCUT2D eigenvalue weighted by Crippen LogP contribution is -2.57. The fourth-order valence-electron chi connectivity index (χ4n) is 2.37. The predicted octanol–water partition coefficient (Wildman–Crippen LogP) is -1.48. The molecule has 13 heteroatoms. The van der Waals surface area contributed by atoms with Gasteiger partial charge in [-0.15, -0.1) is 0 Å². The van der Waals surface area contributed by atoms with E-state index in [1.54, 1.807) is 6.20 Å². The van der Waals surface area contributed by atoms with Gasteiger partial charge in [-0.05, 0) is 25.4 Å². The first-order valence-corrected chi connectivity index (χ1v) is 11.2. The number of aromatic nitrogens is 2. The minimum atomic E-state index is -1.16. The van der Waals surface area contributed by atoms with Gasteiger partial charge in [0.1, 0.15) is 18.1 Å². The van der Waals surface area contributed by atoms with Gasteiger partial charge in [-0.3, -0.25) is 14.4 Å². The van der Waals surface area contributed by atoms with Crippen molar-refractivity contribution in [2.24, 2.45) is 5.73 Å². The van der Waals surface area contributed by atoms with Crippen molar-refractivity contribution in [3.8, 4) is 0 Å². The van der Waals surface area contributed by atoms with Crippen LogP contribution in [0.1, 0.15) is 19.0 Å². The van der Waals surface area contributed by atoms with Gasteiger partial charge in [0, 0.05) is 24.1 Å². The minimum Gasteiger partial charge on any atom is -0.480 e. The third-order valence-corrected chi connectivity index (χ3v) is 5.13. The smallest absolute Gasteiger partial charge is 0.326 e. The maximum atomic E-state index is 12.4. The van der Waals surface area contributed by atoms with Crippen LogP contribution in [0, 0.1) is 0 Å². The number of carboxylic acids is 1. The molecule has 7 N–H and O–H groups in total. The van der Waals surface area contributed by atoms with Crippen LogP contribution in [0.15, 0.2) is 12.5 Å². The summed E-state index contributed by atoms with van der Waals surface area (Å²) in [7, 11) is 0. The molecule has 4 atom stereocenters. The lowest BCUT2D eigenvalue weighted by Gasteiger charge is -2.22. The van der Waals surface area contributed by atoms with E-state index in [1.807, 2.05) is 6.26 Å². The molecule has 1 aromatic rings. The molecule has 1 rings (SSSR count). The van der Waals surface area contributed by atoms with E-state index in [0.717, 1.165) is 0 Å². The second-order valence-electron chi connectivity index (χ2n) is 6.54. The molecule has 0 fully saturated rings. The monoisotopic (exact) mass is 460 g/mol. The number of aliphatic carboxylic acids is 1. The quantitative estimate of drug-likeness (QED) is 0.174. The number of rotatable bonds is 13. The highest BCUT2D eigenvalue weighted by Crippen LogP contribution is 2.03. The number of nitrogens with two attached hydrogens (primary N) is 1. The molecule has 0 aromatic carbocycles. The standard InChI is InChI=1S/C17H28N6O5S2/c1-9(21-15(25)11(18)5-10-6-19-8-20-10)14(24)23-13(7-29)16(26)22-12(17(27)28)3-4-30-2/h6,8-9,11-13,29H,3-5,7,18H2,1-2H3,(H,19,20)(H,21,25)(H,22,26)(H,23,24)(H,27,28). The van der Waals surface area contributed by atoms with Gasteiger partial charge in [-0.1, -0.05) is 0 Å². The van der Waals surface area contributed by atoms with Crippen molar-refractivity contribution in [3.05, 3.63) is 18.2 Å². The first-order valence-electron chi connectivity index (χ1n) is 9.16. The molecule has 0 spiro atoms. The number of nitrogens with one attached hydrogen (secondary N) is 4. The Hall–Kier alpha value is -2.25. The average molecular weight is 461 g/mol. The fraction of sp³-hybridized carbons (Fsp3) is 0.588. The van der Waals surface area contributed by atoms with Crippen LogP contribution in [0.5, 0.6) is 0 Å². The van der Waals surface area contributed by atoms with Crippen LogP contribution in [-0.4, -0.2) is 80.7 Å². The van der Waals surface area contributed by atoms with Crippen molar-refractivity contribution >= 4 is 48.1 Å². The zero-order valence-corrected chi connectivity index (χ0v) is 18.5. The molecule has 1 aromatic heterocycles. The van der Waals surface area contributed by atoms with E-state index < -0.39 is 47.9 Å². The summed E-state index contributed by atoms with van der Waals surface area (Å²) in [5, 5.41) is 16.6. The molecular weight excluding hydrogens is 432 g/mol. The number of nitrogens with zero attached hydrogens (tertiary/aromatic N) is 1. The van der Waals surface area contributed by atoms with E-state index in [1.165, 1.54) is 25.0 Å². The van der Waals surface area contributed by atoms with E-state index in [-0.39, 0.29) is 18.6 Å². The van der Waals surface area contributed by atoms with Crippen molar-refractivity contribution in [2.45, 2.75) is 43.9 Å². The summed E-state index contributed by atoms with van der Waals surface area (Å²) in [6, 6.07) is -3.98. The normalized spacial score (nSPS) is 14.8. The van der Waals surface area contributed by atoms with Gasteiger partial charge < -0.3 is 31.8 Å². The largest absolute Gasteiger partial charge is 0.480 e. The fourth-order valence-corrected chi connectivity index (χ4v) is 3.10. The number of hydrogen-bond donors (Lipinski definition) is 7. The van der Waals surface area contributed by atoms with Crippen LogP contribution in [0.2, 0.25) is 0 Å². The number of H-pyrrole nitrogens is 1. The molecule has 168 valence electrons. The van der Waals surface area contributed by atoms with E-state index >= 15 is 0 Å². The topological polar surface area (TPSA) is 179 Å².